The highest BCUT2D eigenvalue weighted by Crippen LogP contribution is 2.37. The van der Waals surface area contributed by atoms with Crippen LogP contribution in [0.1, 0.15) is 44.9 Å². The lowest BCUT2D eigenvalue weighted by Gasteiger charge is -2.29. The summed E-state index contributed by atoms with van der Waals surface area (Å²) in [6, 6.07) is 8.10. The first-order chi connectivity index (χ1) is 11.7. The SMILES string of the molecule is C#CCCC1(CCC(=O)Nc2cccc(N3CCCCC3)c2)N=N1. The van der Waals surface area contributed by atoms with Gasteiger partial charge in [0, 0.05) is 50.1 Å². The predicted molar refractivity (Wildman–Crippen MR) is 96.0 cm³/mol. The molecule has 3 rings (SSSR count). The standard InChI is InChI=1S/C19H24N4O/c1-2-3-11-19(21-22-19)12-10-18(24)20-16-8-7-9-17(15-16)23-13-5-4-6-14-23/h1,7-9,15H,3-6,10-14H2,(H,20,24). The van der Waals surface area contributed by atoms with Crippen molar-refractivity contribution in [2.24, 2.45) is 10.2 Å². The highest BCUT2D eigenvalue weighted by atomic mass is 16.1. The van der Waals surface area contributed by atoms with Gasteiger partial charge >= 0.3 is 0 Å². The topological polar surface area (TPSA) is 57.1 Å². The van der Waals surface area contributed by atoms with Crippen molar-refractivity contribution in [1.82, 2.24) is 0 Å². The number of nitrogens with zero attached hydrogens (tertiary/aromatic N) is 3. The fourth-order valence-electron chi connectivity index (χ4n) is 3.14. The second-order valence-electron chi connectivity index (χ2n) is 6.53. The summed E-state index contributed by atoms with van der Waals surface area (Å²) in [6.07, 6.45) is 11.5. The van der Waals surface area contributed by atoms with Crippen molar-refractivity contribution >= 4 is 17.3 Å². The van der Waals surface area contributed by atoms with Gasteiger partial charge in [0.25, 0.3) is 0 Å². The first-order valence-electron chi connectivity index (χ1n) is 8.73. The third-order valence-corrected chi connectivity index (χ3v) is 4.66. The molecular formula is C19H24N4O. The molecule has 0 unspecified atom stereocenters. The van der Waals surface area contributed by atoms with Gasteiger partial charge in [-0.1, -0.05) is 6.07 Å². The number of carbonyl (C=O) groups excluding carboxylic acids is 1. The number of amides is 1. The fourth-order valence-corrected chi connectivity index (χ4v) is 3.14. The Morgan fingerprint density at radius 3 is 2.75 bits per heavy atom. The Morgan fingerprint density at radius 2 is 2.04 bits per heavy atom. The third-order valence-electron chi connectivity index (χ3n) is 4.66. The van der Waals surface area contributed by atoms with Gasteiger partial charge in [0.2, 0.25) is 5.91 Å². The summed E-state index contributed by atoms with van der Waals surface area (Å²) < 4.78 is 0. The summed E-state index contributed by atoms with van der Waals surface area (Å²) in [5.41, 5.74) is 1.65. The van der Waals surface area contributed by atoms with E-state index < -0.39 is 0 Å². The number of rotatable bonds is 7. The maximum Gasteiger partial charge on any atom is 0.224 e. The van der Waals surface area contributed by atoms with Crippen LogP contribution in [-0.4, -0.2) is 24.7 Å². The van der Waals surface area contributed by atoms with Gasteiger partial charge in [-0.2, -0.15) is 10.2 Å². The minimum absolute atomic E-state index is 0.00294. The van der Waals surface area contributed by atoms with Gasteiger partial charge in [-0.15, -0.1) is 12.3 Å². The Morgan fingerprint density at radius 1 is 1.25 bits per heavy atom. The van der Waals surface area contributed by atoms with E-state index >= 15 is 0 Å². The molecule has 1 saturated heterocycles. The lowest BCUT2D eigenvalue weighted by Crippen LogP contribution is -2.29. The van der Waals surface area contributed by atoms with Crippen LogP contribution < -0.4 is 10.2 Å². The molecule has 0 atom stereocenters. The highest BCUT2D eigenvalue weighted by Gasteiger charge is 2.39. The van der Waals surface area contributed by atoms with Gasteiger partial charge in [0.05, 0.1) is 0 Å². The molecule has 0 aliphatic carbocycles. The molecule has 1 aromatic carbocycles. The summed E-state index contributed by atoms with van der Waals surface area (Å²) in [5.74, 6) is 2.61. The largest absolute Gasteiger partial charge is 0.371 e. The predicted octanol–water partition coefficient (Wildman–Crippen LogP) is 3.97. The number of nitrogens with one attached hydrogen (secondary N) is 1. The Kier molecular flexibility index (Phi) is 5.14. The first kappa shape index (κ1) is 16.5. The number of terminal acetylenes is 1. The Bertz CT molecular complexity index is 650. The smallest absolute Gasteiger partial charge is 0.224 e. The molecule has 0 bridgehead atoms. The van der Waals surface area contributed by atoms with E-state index in [0.29, 0.717) is 19.3 Å². The summed E-state index contributed by atoms with van der Waals surface area (Å²) in [7, 11) is 0. The monoisotopic (exact) mass is 324 g/mol. The van der Waals surface area contributed by atoms with Crippen molar-refractivity contribution in [3.05, 3.63) is 24.3 Å². The van der Waals surface area contributed by atoms with Crippen LogP contribution in [-0.2, 0) is 4.79 Å². The summed E-state index contributed by atoms with van der Waals surface area (Å²) in [5, 5.41) is 11.1. The van der Waals surface area contributed by atoms with Crippen LogP contribution >= 0.6 is 0 Å². The van der Waals surface area contributed by atoms with Crippen LogP contribution in [0.4, 0.5) is 11.4 Å². The number of hydrogen-bond donors (Lipinski definition) is 1. The number of piperidine rings is 1. The molecule has 0 saturated carbocycles. The summed E-state index contributed by atoms with van der Waals surface area (Å²) in [4.78, 5) is 14.6. The third kappa shape index (κ3) is 4.35. The van der Waals surface area contributed by atoms with E-state index in [0.717, 1.165) is 25.2 Å². The van der Waals surface area contributed by atoms with Crippen LogP contribution in [0.25, 0.3) is 0 Å². The molecule has 1 aromatic rings. The Balaban J connectivity index is 1.50. The average molecular weight is 324 g/mol. The Hall–Kier alpha value is -2.35. The molecule has 0 radical (unpaired) electrons. The highest BCUT2D eigenvalue weighted by molar-refractivity contribution is 5.91. The van der Waals surface area contributed by atoms with Crippen LogP contribution in [0.3, 0.4) is 0 Å². The number of benzene rings is 1. The first-order valence-corrected chi connectivity index (χ1v) is 8.73. The van der Waals surface area contributed by atoms with E-state index in [1.165, 1.54) is 24.9 Å². The second kappa shape index (κ2) is 7.48. The van der Waals surface area contributed by atoms with E-state index in [1.54, 1.807) is 0 Å². The minimum atomic E-state index is -0.390. The van der Waals surface area contributed by atoms with Crippen LogP contribution in [0.15, 0.2) is 34.5 Å². The van der Waals surface area contributed by atoms with E-state index in [1.807, 2.05) is 12.1 Å². The normalized spacial score (nSPS) is 18.0. The van der Waals surface area contributed by atoms with Crippen molar-refractivity contribution < 1.29 is 4.79 Å². The second-order valence-corrected chi connectivity index (χ2v) is 6.53. The van der Waals surface area contributed by atoms with Crippen LogP contribution in [0.5, 0.6) is 0 Å². The molecular weight excluding hydrogens is 300 g/mol. The molecule has 1 fully saturated rings. The molecule has 0 aromatic heterocycles. The van der Waals surface area contributed by atoms with E-state index in [9.17, 15) is 4.79 Å². The zero-order valence-corrected chi connectivity index (χ0v) is 14.0. The van der Waals surface area contributed by atoms with Gasteiger partial charge in [-0.05, 0) is 37.5 Å². The van der Waals surface area contributed by atoms with Crippen molar-refractivity contribution in [2.75, 3.05) is 23.3 Å². The van der Waals surface area contributed by atoms with E-state index in [2.05, 4.69) is 38.5 Å². The molecule has 126 valence electrons. The van der Waals surface area contributed by atoms with Gasteiger partial charge in [0.1, 0.15) is 0 Å². The molecule has 2 aliphatic heterocycles. The summed E-state index contributed by atoms with van der Waals surface area (Å²) >= 11 is 0. The van der Waals surface area contributed by atoms with E-state index in [4.69, 9.17) is 6.42 Å². The molecule has 0 spiro atoms. The number of hydrogen-bond acceptors (Lipinski definition) is 4. The quantitative estimate of drug-likeness (QED) is 0.772. The number of anilines is 2. The maximum absolute atomic E-state index is 12.2. The molecule has 5 heteroatoms. The van der Waals surface area contributed by atoms with Crippen molar-refractivity contribution in [3.63, 3.8) is 0 Å². The van der Waals surface area contributed by atoms with E-state index in [-0.39, 0.29) is 11.6 Å². The van der Waals surface area contributed by atoms with Gasteiger partial charge in [0.15, 0.2) is 5.66 Å². The van der Waals surface area contributed by atoms with Crippen molar-refractivity contribution in [1.29, 1.82) is 0 Å². The lowest BCUT2D eigenvalue weighted by atomic mass is 10.0. The van der Waals surface area contributed by atoms with Gasteiger partial charge in [-0.3, -0.25) is 4.79 Å². The molecule has 1 N–H and O–H groups in total. The van der Waals surface area contributed by atoms with Crippen LogP contribution in [0, 0.1) is 12.3 Å². The summed E-state index contributed by atoms with van der Waals surface area (Å²) in [6.45, 7) is 2.19. The van der Waals surface area contributed by atoms with Gasteiger partial charge < -0.3 is 10.2 Å². The minimum Gasteiger partial charge on any atom is -0.371 e. The van der Waals surface area contributed by atoms with Crippen molar-refractivity contribution in [2.45, 2.75) is 50.6 Å². The van der Waals surface area contributed by atoms with Crippen LogP contribution in [0.2, 0.25) is 0 Å². The zero-order chi connectivity index (χ0) is 16.8. The Labute approximate surface area is 143 Å². The van der Waals surface area contributed by atoms with Gasteiger partial charge in [-0.25, -0.2) is 0 Å². The molecule has 2 heterocycles. The lowest BCUT2D eigenvalue weighted by molar-refractivity contribution is -0.116. The fraction of sp³-hybridized carbons (Fsp3) is 0.526. The number of carbonyl (C=O) groups is 1. The molecule has 5 nitrogen and oxygen atoms in total. The average Bonchev–Trinajstić information content (AvgIpc) is 3.40. The molecule has 1 amide bonds. The molecule has 2 aliphatic rings. The van der Waals surface area contributed by atoms with Crippen molar-refractivity contribution in [3.8, 4) is 12.3 Å². The maximum atomic E-state index is 12.2. The molecule has 24 heavy (non-hydrogen) atoms. The zero-order valence-electron chi connectivity index (χ0n) is 14.0.